The molecule has 122 valence electrons. The maximum atomic E-state index is 11.4. The van der Waals surface area contributed by atoms with Crippen molar-refractivity contribution in [2.75, 3.05) is 13.1 Å². The molecule has 2 atom stereocenters. The second-order valence-electron chi connectivity index (χ2n) is 6.09. The second kappa shape index (κ2) is 7.04. The SMILES string of the molecule is Cc1ccsc1C(c1ccc(Cl)cc1)N1CCCC(C(=O)O)C1. The van der Waals surface area contributed by atoms with E-state index in [0.29, 0.717) is 6.54 Å². The van der Waals surface area contributed by atoms with Gasteiger partial charge in [0.1, 0.15) is 0 Å². The average Bonchev–Trinajstić information content (AvgIpc) is 2.96. The summed E-state index contributed by atoms with van der Waals surface area (Å²) in [4.78, 5) is 15.0. The molecular formula is C18H20ClNO2S. The Labute approximate surface area is 145 Å². The first-order valence-corrected chi connectivity index (χ1v) is 9.08. The second-order valence-corrected chi connectivity index (χ2v) is 7.48. The van der Waals surface area contributed by atoms with Gasteiger partial charge in [-0.2, -0.15) is 0 Å². The molecular weight excluding hydrogens is 330 g/mol. The summed E-state index contributed by atoms with van der Waals surface area (Å²) < 4.78 is 0. The topological polar surface area (TPSA) is 40.5 Å². The number of piperidine rings is 1. The van der Waals surface area contributed by atoms with Crippen molar-refractivity contribution in [2.24, 2.45) is 5.92 Å². The number of aryl methyl sites for hydroxylation is 1. The minimum Gasteiger partial charge on any atom is -0.481 e. The lowest BCUT2D eigenvalue weighted by molar-refractivity contribution is -0.143. The number of benzene rings is 1. The number of carboxylic acid groups (broad SMARTS) is 1. The van der Waals surface area contributed by atoms with E-state index in [9.17, 15) is 9.90 Å². The van der Waals surface area contributed by atoms with Crippen molar-refractivity contribution in [2.45, 2.75) is 25.8 Å². The molecule has 1 saturated heterocycles. The number of carbonyl (C=O) groups is 1. The molecule has 3 nitrogen and oxygen atoms in total. The normalized spacial score (nSPS) is 20.3. The molecule has 2 aromatic rings. The van der Waals surface area contributed by atoms with Crippen LogP contribution in [0.3, 0.4) is 0 Å². The number of nitrogens with zero attached hydrogens (tertiary/aromatic N) is 1. The van der Waals surface area contributed by atoms with E-state index in [-0.39, 0.29) is 12.0 Å². The zero-order valence-electron chi connectivity index (χ0n) is 13.0. The van der Waals surface area contributed by atoms with Gasteiger partial charge in [0.15, 0.2) is 0 Å². The number of likely N-dealkylation sites (tertiary alicyclic amines) is 1. The molecule has 2 unspecified atom stereocenters. The van der Waals surface area contributed by atoms with Crippen LogP contribution in [0.1, 0.15) is 34.9 Å². The Morgan fingerprint density at radius 2 is 2.09 bits per heavy atom. The quantitative estimate of drug-likeness (QED) is 0.877. The largest absolute Gasteiger partial charge is 0.481 e. The summed E-state index contributed by atoms with van der Waals surface area (Å²) in [6.45, 7) is 3.64. The highest BCUT2D eigenvalue weighted by molar-refractivity contribution is 7.10. The fourth-order valence-electron chi connectivity index (χ4n) is 3.28. The highest BCUT2D eigenvalue weighted by Gasteiger charge is 2.32. The number of rotatable bonds is 4. The molecule has 0 saturated carbocycles. The fourth-order valence-corrected chi connectivity index (χ4v) is 4.49. The molecule has 1 aromatic heterocycles. The highest BCUT2D eigenvalue weighted by atomic mass is 35.5. The number of carboxylic acids is 1. The molecule has 3 rings (SSSR count). The van der Waals surface area contributed by atoms with Gasteiger partial charge in [-0.3, -0.25) is 9.69 Å². The lowest BCUT2D eigenvalue weighted by Gasteiger charge is -2.37. The minimum atomic E-state index is -0.688. The third kappa shape index (κ3) is 3.60. The molecule has 0 bridgehead atoms. The van der Waals surface area contributed by atoms with Crippen molar-refractivity contribution in [3.05, 3.63) is 56.7 Å². The zero-order valence-corrected chi connectivity index (χ0v) is 14.6. The zero-order chi connectivity index (χ0) is 16.4. The summed E-state index contributed by atoms with van der Waals surface area (Å²) in [5.41, 5.74) is 2.43. The van der Waals surface area contributed by atoms with E-state index in [1.807, 2.05) is 12.1 Å². The molecule has 0 aliphatic carbocycles. The minimum absolute atomic E-state index is 0.106. The van der Waals surface area contributed by atoms with Gasteiger partial charge in [-0.1, -0.05) is 23.7 Å². The van der Waals surface area contributed by atoms with Crippen molar-refractivity contribution >= 4 is 28.9 Å². The van der Waals surface area contributed by atoms with E-state index in [1.165, 1.54) is 16.0 Å². The van der Waals surface area contributed by atoms with E-state index in [2.05, 4.69) is 35.4 Å². The van der Waals surface area contributed by atoms with Gasteiger partial charge in [0.25, 0.3) is 0 Å². The number of hydrogen-bond donors (Lipinski definition) is 1. The van der Waals surface area contributed by atoms with E-state index in [4.69, 9.17) is 11.6 Å². The standard InChI is InChI=1S/C18H20ClNO2S/c1-12-8-10-23-17(12)16(13-4-6-15(19)7-5-13)20-9-2-3-14(11-20)18(21)22/h4-8,10,14,16H,2-3,9,11H2,1H3,(H,21,22). The van der Waals surface area contributed by atoms with Crippen LogP contribution in [0.15, 0.2) is 35.7 Å². The summed E-state index contributed by atoms with van der Waals surface area (Å²) in [5, 5.41) is 12.2. The van der Waals surface area contributed by atoms with Crippen LogP contribution in [0.5, 0.6) is 0 Å². The summed E-state index contributed by atoms with van der Waals surface area (Å²) >= 11 is 7.77. The molecule has 0 radical (unpaired) electrons. The van der Waals surface area contributed by atoms with Gasteiger partial charge >= 0.3 is 5.97 Å². The molecule has 23 heavy (non-hydrogen) atoms. The summed E-state index contributed by atoms with van der Waals surface area (Å²) in [6, 6.07) is 10.2. The van der Waals surface area contributed by atoms with Crippen LogP contribution in [0, 0.1) is 12.8 Å². The molecule has 1 fully saturated rings. The first kappa shape index (κ1) is 16.5. The van der Waals surface area contributed by atoms with Crippen LogP contribution in [0.25, 0.3) is 0 Å². The van der Waals surface area contributed by atoms with Gasteiger partial charge in [0.2, 0.25) is 0 Å². The molecule has 0 amide bonds. The molecule has 1 aromatic carbocycles. The monoisotopic (exact) mass is 349 g/mol. The molecule has 1 aliphatic rings. The number of hydrogen-bond acceptors (Lipinski definition) is 3. The van der Waals surface area contributed by atoms with E-state index < -0.39 is 5.97 Å². The third-order valence-corrected chi connectivity index (χ3v) is 5.83. The van der Waals surface area contributed by atoms with Gasteiger partial charge < -0.3 is 5.11 Å². The number of halogens is 1. The molecule has 5 heteroatoms. The Bertz CT molecular complexity index is 683. The first-order valence-electron chi connectivity index (χ1n) is 7.82. The van der Waals surface area contributed by atoms with Crippen LogP contribution in [0.4, 0.5) is 0 Å². The Hall–Kier alpha value is -1.36. The van der Waals surface area contributed by atoms with Crippen molar-refractivity contribution < 1.29 is 9.90 Å². The molecule has 0 spiro atoms. The van der Waals surface area contributed by atoms with E-state index in [0.717, 1.165) is 24.4 Å². The highest BCUT2D eigenvalue weighted by Crippen LogP contribution is 2.37. The first-order chi connectivity index (χ1) is 11.1. The van der Waals surface area contributed by atoms with Crippen LogP contribution in [-0.2, 0) is 4.79 Å². The van der Waals surface area contributed by atoms with E-state index in [1.54, 1.807) is 11.3 Å². The number of aliphatic carboxylic acids is 1. The predicted molar refractivity (Wildman–Crippen MR) is 94.3 cm³/mol. The van der Waals surface area contributed by atoms with Gasteiger partial charge in [-0.25, -0.2) is 0 Å². The Morgan fingerprint density at radius 3 is 2.70 bits per heavy atom. The fraction of sp³-hybridized carbons (Fsp3) is 0.389. The van der Waals surface area contributed by atoms with Crippen LogP contribution < -0.4 is 0 Å². The summed E-state index contributed by atoms with van der Waals surface area (Å²) in [7, 11) is 0. The Kier molecular flexibility index (Phi) is 5.05. The maximum Gasteiger partial charge on any atom is 0.307 e. The van der Waals surface area contributed by atoms with Gasteiger partial charge in [0, 0.05) is 16.4 Å². The smallest absolute Gasteiger partial charge is 0.307 e. The van der Waals surface area contributed by atoms with E-state index >= 15 is 0 Å². The van der Waals surface area contributed by atoms with Gasteiger partial charge in [0.05, 0.1) is 12.0 Å². The molecule has 2 heterocycles. The average molecular weight is 350 g/mol. The lowest BCUT2D eigenvalue weighted by Crippen LogP contribution is -2.41. The summed E-state index contributed by atoms with van der Waals surface area (Å²) in [6.07, 6.45) is 1.69. The maximum absolute atomic E-state index is 11.4. The van der Waals surface area contributed by atoms with Crippen molar-refractivity contribution in [3.63, 3.8) is 0 Å². The molecule has 1 aliphatic heterocycles. The van der Waals surface area contributed by atoms with Crippen molar-refractivity contribution in [1.82, 2.24) is 4.90 Å². The van der Waals surface area contributed by atoms with Crippen molar-refractivity contribution in [1.29, 1.82) is 0 Å². The third-order valence-electron chi connectivity index (χ3n) is 4.50. The summed E-state index contributed by atoms with van der Waals surface area (Å²) in [5.74, 6) is -0.966. The Balaban J connectivity index is 1.97. The van der Waals surface area contributed by atoms with Crippen molar-refractivity contribution in [3.8, 4) is 0 Å². The lowest BCUT2D eigenvalue weighted by atomic mass is 9.93. The van der Waals surface area contributed by atoms with Gasteiger partial charge in [-0.05, 0) is 61.0 Å². The van der Waals surface area contributed by atoms with Crippen LogP contribution in [0.2, 0.25) is 5.02 Å². The van der Waals surface area contributed by atoms with Gasteiger partial charge in [-0.15, -0.1) is 11.3 Å². The van der Waals surface area contributed by atoms with Crippen LogP contribution in [-0.4, -0.2) is 29.1 Å². The predicted octanol–water partition coefficient (Wildman–Crippen LogP) is 4.60. The number of thiophene rings is 1. The molecule has 1 N–H and O–H groups in total. The van der Waals surface area contributed by atoms with Crippen LogP contribution >= 0.6 is 22.9 Å². The Morgan fingerprint density at radius 1 is 1.35 bits per heavy atom.